The second-order valence-electron chi connectivity index (χ2n) is 5.57. The average Bonchev–Trinajstić information content (AvgIpc) is 2.65. The number of hydrogen-bond acceptors (Lipinski definition) is 6. The highest BCUT2D eigenvalue weighted by Crippen LogP contribution is 2.34. The summed E-state index contributed by atoms with van der Waals surface area (Å²) >= 11 is 0. The van der Waals surface area contributed by atoms with Crippen molar-refractivity contribution in [2.45, 2.75) is 11.8 Å². The van der Waals surface area contributed by atoms with Crippen LogP contribution < -0.4 is 13.8 Å². The fourth-order valence-corrected chi connectivity index (χ4v) is 3.96. The third kappa shape index (κ3) is 4.03. The van der Waals surface area contributed by atoms with Crippen molar-refractivity contribution < 1.29 is 22.8 Å². The van der Waals surface area contributed by atoms with Crippen molar-refractivity contribution in [1.82, 2.24) is 0 Å². The van der Waals surface area contributed by atoms with Gasteiger partial charge in [0.25, 0.3) is 15.7 Å². The summed E-state index contributed by atoms with van der Waals surface area (Å²) in [5.41, 5.74) is 0.429. The van der Waals surface area contributed by atoms with Crippen molar-refractivity contribution >= 4 is 21.4 Å². The van der Waals surface area contributed by atoms with E-state index in [1.54, 1.807) is 19.1 Å². The molecule has 144 valence electrons. The maximum absolute atomic E-state index is 13.1. The van der Waals surface area contributed by atoms with E-state index in [4.69, 9.17) is 9.47 Å². The Balaban J connectivity index is 2.60. The summed E-state index contributed by atoms with van der Waals surface area (Å²) in [5, 5.41) is 11.2. The van der Waals surface area contributed by atoms with Gasteiger partial charge in [0.2, 0.25) is 0 Å². The fraction of sp³-hybridized carbons (Fsp3) is 0.222. The molecule has 0 radical (unpaired) electrons. The van der Waals surface area contributed by atoms with E-state index in [0.29, 0.717) is 22.7 Å². The van der Waals surface area contributed by atoms with Gasteiger partial charge in [-0.1, -0.05) is 12.1 Å². The number of anilines is 1. The molecule has 0 N–H and O–H groups in total. The molecule has 0 atom stereocenters. The quantitative estimate of drug-likeness (QED) is 0.388. The van der Waals surface area contributed by atoms with Gasteiger partial charge in [-0.15, -0.1) is 6.58 Å². The number of aryl methyl sites for hydroxylation is 1. The zero-order chi connectivity index (χ0) is 20.2. The van der Waals surface area contributed by atoms with Crippen molar-refractivity contribution in [2.75, 3.05) is 25.1 Å². The van der Waals surface area contributed by atoms with E-state index >= 15 is 0 Å². The standard InChI is InChI=1S/C18H20N2O6S/c1-5-10-19(14-7-9-17(25-3)18(11-14)26-4)27(23,24)15-8-6-13(2)16(12-15)20(21)22/h5-9,11-12H,1,10H2,2-4H3. The van der Waals surface area contributed by atoms with Gasteiger partial charge in [-0.3, -0.25) is 14.4 Å². The zero-order valence-corrected chi connectivity index (χ0v) is 16.0. The number of sulfonamides is 1. The minimum Gasteiger partial charge on any atom is -0.493 e. The maximum atomic E-state index is 13.1. The first-order valence-electron chi connectivity index (χ1n) is 7.87. The van der Waals surface area contributed by atoms with Gasteiger partial charge < -0.3 is 9.47 Å². The summed E-state index contributed by atoms with van der Waals surface area (Å²) in [4.78, 5) is 10.4. The highest BCUT2D eigenvalue weighted by atomic mass is 32.2. The summed E-state index contributed by atoms with van der Waals surface area (Å²) < 4.78 is 37.8. The summed E-state index contributed by atoms with van der Waals surface area (Å²) in [6.45, 7) is 5.12. The second-order valence-corrected chi connectivity index (χ2v) is 7.43. The third-order valence-corrected chi connectivity index (χ3v) is 5.71. The van der Waals surface area contributed by atoms with Crippen molar-refractivity contribution in [3.63, 3.8) is 0 Å². The molecular weight excluding hydrogens is 372 g/mol. The zero-order valence-electron chi connectivity index (χ0n) is 15.2. The molecule has 0 saturated carbocycles. The van der Waals surface area contributed by atoms with Crippen molar-refractivity contribution in [3.8, 4) is 11.5 Å². The van der Waals surface area contributed by atoms with Crippen LogP contribution in [0.2, 0.25) is 0 Å². The van der Waals surface area contributed by atoms with Crippen LogP contribution in [0.3, 0.4) is 0 Å². The summed E-state index contributed by atoms with van der Waals surface area (Å²) in [6, 6.07) is 8.46. The van der Waals surface area contributed by atoms with E-state index in [2.05, 4.69) is 6.58 Å². The second kappa shape index (κ2) is 8.09. The summed E-state index contributed by atoms with van der Waals surface area (Å²) in [5.74, 6) is 0.803. The molecule has 9 heteroatoms. The fourth-order valence-electron chi connectivity index (χ4n) is 2.51. The Bertz CT molecular complexity index is 972. The number of rotatable bonds is 8. The topological polar surface area (TPSA) is 99.0 Å². The van der Waals surface area contributed by atoms with Crippen LogP contribution in [0, 0.1) is 17.0 Å². The van der Waals surface area contributed by atoms with Gasteiger partial charge in [-0.05, 0) is 25.1 Å². The molecule has 0 amide bonds. The Morgan fingerprint density at radius 2 is 1.81 bits per heavy atom. The normalized spacial score (nSPS) is 10.9. The largest absolute Gasteiger partial charge is 0.493 e. The van der Waals surface area contributed by atoms with E-state index in [-0.39, 0.29) is 17.1 Å². The molecule has 2 aromatic carbocycles. The Morgan fingerprint density at radius 3 is 2.37 bits per heavy atom. The molecule has 0 fully saturated rings. The average molecular weight is 392 g/mol. The Morgan fingerprint density at radius 1 is 1.15 bits per heavy atom. The molecule has 0 saturated heterocycles. The minimum atomic E-state index is -4.07. The highest BCUT2D eigenvalue weighted by molar-refractivity contribution is 7.92. The van der Waals surface area contributed by atoms with Gasteiger partial charge >= 0.3 is 0 Å². The predicted octanol–water partition coefficient (Wildman–Crippen LogP) is 3.30. The van der Waals surface area contributed by atoms with Gasteiger partial charge in [0.1, 0.15) is 0 Å². The molecule has 0 bridgehead atoms. The van der Waals surface area contributed by atoms with Crippen LogP contribution in [0.5, 0.6) is 11.5 Å². The lowest BCUT2D eigenvalue weighted by Gasteiger charge is -2.24. The molecule has 2 aromatic rings. The third-order valence-electron chi connectivity index (χ3n) is 3.92. The van der Waals surface area contributed by atoms with Crippen molar-refractivity contribution in [1.29, 1.82) is 0 Å². The number of hydrogen-bond donors (Lipinski definition) is 0. The lowest BCUT2D eigenvalue weighted by Crippen LogP contribution is -2.31. The number of methoxy groups -OCH3 is 2. The van der Waals surface area contributed by atoms with Crippen LogP contribution in [0.25, 0.3) is 0 Å². The summed E-state index contributed by atoms with van der Waals surface area (Å²) in [6.07, 6.45) is 1.43. The summed E-state index contributed by atoms with van der Waals surface area (Å²) in [7, 11) is -1.16. The van der Waals surface area contributed by atoms with E-state index < -0.39 is 14.9 Å². The van der Waals surface area contributed by atoms with E-state index in [0.717, 1.165) is 10.4 Å². The number of ether oxygens (including phenoxy) is 2. The maximum Gasteiger partial charge on any atom is 0.273 e. The van der Waals surface area contributed by atoms with Gasteiger partial charge in [-0.2, -0.15) is 0 Å². The van der Waals surface area contributed by atoms with Crippen molar-refractivity contribution in [2.24, 2.45) is 0 Å². The van der Waals surface area contributed by atoms with Crippen LogP contribution in [0.15, 0.2) is 53.9 Å². The van der Waals surface area contributed by atoms with Gasteiger partial charge in [0.15, 0.2) is 11.5 Å². The van der Waals surface area contributed by atoms with E-state index in [1.807, 2.05) is 0 Å². The first-order chi connectivity index (χ1) is 12.8. The number of benzene rings is 2. The molecular formula is C18H20N2O6S. The number of nitro benzene ring substituents is 1. The molecule has 0 heterocycles. The molecule has 27 heavy (non-hydrogen) atoms. The first-order valence-corrected chi connectivity index (χ1v) is 9.31. The lowest BCUT2D eigenvalue weighted by molar-refractivity contribution is -0.385. The van der Waals surface area contributed by atoms with Gasteiger partial charge in [0.05, 0.1) is 36.3 Å². The highest BCUT2D eigenvalue weighted by Gasteiger charge is 2.27. The van der Waals surface area contributed by atoms with Crippen LogP contribution in [-0.2, 0) is 10.0 Å². The van der Waals surface area contributed by atoms with E-state index in [1.165, 1.54) is 38.5 Å². The molecule has 0 spiro atoms. The molecule has 0 aromatic heterocycles. The molecule has 0 aliphatic carbocycles. The SMILES string of the molecule is C=CCN(c1ccc(OC)c(OC)c1)S(=O)(=O)c1ccc(C)c([N+](=O)[O-])c1. The van der Waals surface area contributed by atoms with Crippen LogP contribution in [0.4, 0.5) is 11.4 Å². The Labute approximate surface area is 157 Å². The molecule has 0 unspecified atom stereocenters. The molecule has 8 nitrogen and oxygen atoms in total. The van der Waals surface area contributed by atoms with Crippen LogP contribution in [-0.4, -0.2) is 34.1 Å². The van der Waals surface area contributed by atoms with Gasteiger partial charge in [0, 0.05) is 17.7 Å². The van der Waals surface area contributed by atoms with Crippen LogP contribution in [0.1, 0.15) is 5.56 Å². The lowest BCUT2D eigenvalue weighted by atomic mass is 10.2. The smallest absolute Gasteiger partial charge is 0.273 e. The first kappa shape index (κ1) is 20.2. The monoisotopic (exact) mass is 392 g/mol. The molecule has 2 rings (SSSR count). The number of nitro groups is 1. The van der Waals surface area contributed by atoms with Crippen molar-refractivity contribution in [3.05, 3.63) is 64.7 Å². The van der Waals surface area contributed by atoms with Crippen LogP contribution >= 0.6 is 0 Å². The number of nitrogens with zero attached hydrogens (tertiary/aromatic N) is 2. The molecule has 0 aliphatic rings. The predicted molar refractivity (Wildman–Crippen MR) is 102 cm³/mol. The molecule has 0 aliphatic heterocycles. The van der Waals surface area contributed by atoms with Gasteiger partial charge in [-0.25, -0.2) is 8.42 Å². The van der Waals surface area contributed by atoms with E-state index in [9.17, 15) is 18.5 Å². The Kier molecular flexibility index (Phi) is 6.06. The Hall–Kier alpha value is -3.07. The minimum absolute atomic E-state index is 0.0283.